The van der Waals surface area contributed by atoms with Crippen molar-refractivity contribution in [3.63, 3.8) is 0 Å². The van der Waals surface area contributed by atoms with Gasteiger partial charge in [0.1, 0.15) is 17.1 Å². The summed E-state index contributed by atoms with van der Waals surface area (Å²) >= 11 is 0. The van der Waals surface area contributed by atoms with E-state index in [1.165, 1.54) is 7.11 Å². The Labute approximate surface area is 150 Å². The van der Waals surface area contributed by atoms with Crippen molar-refractivity contribution in [3.05, 3.63) is 33.9 Å². The van der Waals surface area contributed by atoms with Crippen molar-refractivity contribution < 1.29 is 29.0 Å². The summed E-state index contributed by atoms with van der Waals surface area (Å²) in [6, 6.07) is 1.67. The molecule has 1 unspecified atom stereocenters. The Morgan fingerprint density at radius 3 is 2.77 bits per heavy atom. The molecule has 2 saturated heterocycles. The van der Waals surface area contributed by atoms with Crippen LogP contribution in [-0.4, -0.2) is 36.0 Å². The lowest BCUT2D eigenvalue weighted by Gasteiger charge is -2.61. The van der Waals surface area contributed by atoms with Crippen molar-refractivity contribution in [1.29, 1.82) is 0 Å². The Morgan fingerprint density at radius 2 is 2.12 bits per heavy atom. The summed E-state index contributed by atoms with van der Waals surface area (Å²) in [6.45, 7) is 3.78. The minimum atomic E-state index is -1.46. The largest absolute Gasteiger partial charge is 0.465 e. The minimum absolute atomic E-state index is 0.133. The summed E-state index contributed by atoms with van der Waals surface area (Å²) in [6.07, 6.45) is 0.704. The van der Waals surface area contributed by atoms with Crippen LogP contribution in [0.1, 0.15) is 57.2 Å². The summed E-state index contributed by atoms with van der Waals surface area (Å²) in [5, 5.41) is 12.0. The number of hydrogen-bond acceptors (Lipinski definition) is 6. The average molecular weight is 356 g/mol. The summed E-state index contributed by atoms with van der Waals surface area (Å²) in [5.41, 5.74) is -0.125. The fourth-order valence-corrected chi connectivity index (χ4v) is 6.15. The molecule has 3 aliphatic carbocycles. The summed E-state index contributed by atoms with van der Waals surface area (Å²) in [5.74, 6) is -1.81. The molecule has 5 atom stereocenters. The molecule has 2 heterocycles. The molecule has 136 valence electrons. The van der Waals surface area contributed by atoms with Crippen LogP contribution in [0.3, 0.4) is 0 Å². The topological polar surface area (TPSA) is 89.9 Å². The second-order valence-corrected chi connectivity index (χ2v) is 8.19. The third-order valence-electron chi connectivity index (χ3n) is 7.30. The van der Waals surface area contributed by atoms with Crippen LogP contribution in [0.15, 0.2) is 6.07 Å². The minimum Gasteiger partial charge on any atom is -0.465 e. The first-order chi connectivity index (χ1) is 12.3. The van der Waals surface area contributed by atoms with Gasteiger partial charge in [0.05, 0.1) is 12.7 Å². The van der Waals surface area contributed by atoms with Crippen molar-refractivity contribution in [2.45, 2.75) is 44.8 Å². The number of carbonyl (C=O) groups is 3. The third kappa shape index (κ3) is 1.41. The van der Waals surface area contributed by atoms with Crippen LogP contribution in [-0.2, 0) is 26.3 Å². The van der Waals surface area contributed by atoms with E-state index in [4.69, 9.17) is 9.47 Å². The number of benzene rings is 1. The molecule has 0 amide bonds. The van der Waals surface area contributed by atoms with Crippen LogP contribution in [0.5, 0.6) is 0 Å². The summed E-state index contributed by atoms with van der Waals surface area (Å²) in [7, 11) is 1.27. The van der Waals surface area contributed by atoms with Gasteiger partial charge >= 0.3 is 11.9 Å². The molecule has 1 aromatic rings. The van der Waals surface area contributed by atoms with E-state index in [1.54, 1.807) is 6.07 Å². The van der Waals surface area contributed by atoms with E-state index in [2.05, 4.69) is 0 Å². The first kappa shape index (κ1) is 16.0. The summed E-state index contributed by atoms with van der Waals surface area (Å²) < 4.78 is 10.5. The van der Waals surface area contributed by atoms with Crippen molar-refractivity contribution in [2.24, 2.45) is 17.3 Å². The molecule has 3 fully saturated rings. The molecule has 6 nitrogen and oxygen atoms in total. The van der Waals surface area contributed by atoms with Crippen LogP contribution in [0, 0.1) is 24.2 Å². The van der Waals surface area contributed by atoms with Crippen molar-refractivity contribution in [1.82, 2.24) is 0 Å². The number of esters is 2. The van der Waals surface area contributed by atoms with E-state index in [0.29, 0.717) is 18.4 Å². The van der Waals surface area contributed by atoms with Gasteiger partial charge in [0, 0.05) is 23.5 Å². The van der Waals surface area contributed by atoms with Gasteiger partial charge < -0.3 is 14.6 Å². The van der Waals surface area contributed by atoms with E-state index in [1.807, 2.05) is 13.8 Å². The van der Waals surface area contributed by atoms with Gasteiger partial charge in [-0.3, -0.25) is 9.59 Å². The van der Waals surface area contributed by atoms with Crippen molar-refractivity contribution in [3.8, 4) is 0 Å². The molecular formula is C20H20O6. The molecule has 0 radical (unpaired) electrons. The van der Waals surface area contributed by atoms with Crippen LogP contribution in [0.25, 0.3) is 0 Å². The normalized spacial score (nSPS) is 38.8. The predicted molar refractivity (Wildman–Crippen MR) is 88.7 cm³/mol. The number of hydrogen-bond donors (Lipinski definition) is 1. The molecule has 6 rings (SSSR count). The lowest BCUT2D eigenvalue weighted by molar-refractivity contribution is -0.270. The van der Waals surface area contributed by atoms with Gasteiger partial charge in [-0.05, 0) is 42.9 Å². The fraction of sp³-hybridized carbons (Fsp3) is 0.550. The molecule has 1 spiro atoms. The molecule has 5 aliphatic rings. The highest BCUT2D eigenvalue weighted by molar-refractivity contribution is 6.11. The molecule has 2 aliphatic heterocycles. The van der Waals surface area contributed by atoms with E-state index < -0.39 is 23.0 Å². The first-order valence-electron chi connectivity index (χ1n) is 8.99. The van der Waals surface area contributed by atoms with E-state index in [9.17, 15) is 19.5 Å². The fourth-order valence-electron chi connectivity index (χ4n) is 6.15. The molecule has 2 bridgehead atoms. The van der Waals surface area contributed by atoms with Gasteiger partial charge in [-0.2, -0.15) is 0 Å². The van der Waals surface area contributed by atoms with Crippen LogP contribution < -0.4 is 0 Å². The first-order valence-corrected chi connectivity index (χ1v) is 8.99. The number of fused-ring (bicyclic) bond motifs is 2. The number of rotatable bonds is 1. The van der Waals surface area contributed by atoms with Gasteiger partial charge in [-0.15, -0.1) is 0 Å². The number of Topliss-reactive ketones (excluding diaryl/α,β-unsaturated/α-hetero) is 1. The molecule has 1 N–H and O–H groups in total. The van der Waals surface area contributed by atoms with Gasteiger partial charge in [-0.1, -0.05) is 6.92 Å². The van der Waals surface area contributed by atoms with E-state index in [-0.39, 0.29) is 41.3 Å². The smallest absolute Gasteiger partial charge is 0.338 e. The SMILES string of the molecule is COC(=O)c1cc(C)c2c3c1C(=O)C[C@@]14C(=O)O[C@@H](CC1C)[C@@H](C2)[C@@]34O. The second kappa shape index (κ2) is 4.55. The highest BCUT2D eigenvalue weighted by atomic mass is 16.6. The van der Waals surface area contributed by atoms with Gasteiger partial charge in [0.2, 0.25) is 0 Å². The highest BCUT2D eigenvalue weighted by Crippen LogP contribution is 2.69. The maximum Gasteiger partial charge on any atom is 0.338 e. The molecule has 1 aromatic carbocycles. The zero-order chi connectivity index (χ0) is 18.6. The van der Waals surface area contributed by atoms with Gasteiger partial charge in [0.25, 0.3) is 0 Å². The zero-order valence-electron chi connectivity index (χ0n) is 14.9. The maximum atomic E-state index is 13.2. The van der Waals surface area contributed by atoms with Crippen LogP contribution >= 0.6 is 0 Å². The summed E-state index contributed by atoms with van der Waals surface area (Å²) in [4.78, 5) is 38.3. The van der Waals surface area contributed by atoms with E-state index in [0.717, 1.165) is 11.1 Å². The number of methoxy groups -OCH3 is 1. The Bertz CT molecular complexity index is 917. The molecule has 6 heteroatoms. The van der Waals surface area contributed by atoms with Gasteiger partial charge in [0.15, 0.2) is 5.78 Å². The quantitative estimate of drug-likeness (QED) is 0.770. The van der Waals surface area contributed by atoms with Crippen molar-refractivity contribution >= 4 is 17.7 Å². The highest BCUT2D eigenvalue weighted by Gasteiger charge is 2.77. The number of aryl methyl sites for hydroxylation is 1. The molecule has 26 heavy (non-hydrogen) atoms. The Morgan fingerprint density at radius 1 is 1.38 bits per heavy atom. The van der Waals surface area contributed by atoms with Gasteiger partial charge in [-0.25, -0.2) is 4.79 Å². The molecule has 1 saturated carbocycles. The van der Waals surface area contributed by atoms with Crippen LogP contribution in [0.2, 0.25) is 0 Å². The second-order valence-electron chi connectivity index (χ2n) is 8.19. The predicted octanol–water partition coefficient (Wildman–Crippen LogP) is 1.68. The number of ketones is 1. The lowest BCUT2D eigenvalue weighted by atomic mass is 9.47. The lowest BCUT2D eigenvalue weighted by Crippen LogP contribution is -2.71. The Balaban J connectivity index is 1.90. The standard InChI is InChI=1S/C20H20O6/c1-8-4-11(17(22)25-3)15-13(21)7-19-9(2)5-14(26-18(19)23)12-6-10(8)16(15)20(12,19)24/h4,9,12,14,24H,5-7H2,1-3H3/t9?,12-,14+,19+,20-/m1/s1. The monoisotopic (exact) mass is 356 g/mol. The average Bonchev–Trinajstić information content (AvgIpc) is 2.92. The number of aliphatic hydroxyl groups is 1. The number of ether oxygens (including phenoxy) is 2. The molecular weight excluding hydrogens is 336 g/mol. The Hall–Kier alpha value is -2.21. The zero-order valence-corrected chi connectivity index (χ0v) is 14.9. The Kier molecular flexibility index (Phi) is 2.80. The maximum absolute atomic E-state index is 13.2. The van der Waals surface area contributed by atoms with Crippen molar-refractivity contribution in [2.75, 3.05) is 7.11 Å². The van der Waals surface area contributed by atoms with Crippen LogP contribution in [0.4, 0.5) is 0 Å². The third-order valence-corrected chi connectivity index (χ3v) is 7.30. The molecule has 0 aromatic heterocycles. The van der Waals surface area contributed by atoms with E-state index >= 15 is 0 Å². The number of carbonyl (C=O) groups excluding carboxylic acids is 3.